The monoisotopic (exact) mass is 225 g/mol. The third-order valence-electron chi connectivity index (χ3n) is 3.76. The molecular weight excluding hydrogens is 202 g/mol. The molecule has 2 amide bonds. The van der Waals surface area contributed by atoms with Crippen molar-refractivity contribution in [2.75, 3.05) is 19.6 Å². The van der Waals surface area contributed by atoms with Crippen molar-refractivity contribution < 1.29 is 4.79 Å². The number of rotatable bonds is 3. The third kappa shape index (κ3) is 2.67. The lowest BCUT2D eigenvalue weighted by Crippen LogP contribution is -2.49. The Hall–Kier alpha value is -0.770. The van der Waals surface area contributed by atoms with Crippen LogP contribution in [0, 0.1) is 0 Å². The molecule has 2 N–H and O–H groups in total. The first-order chi connectivity index (χ1) is 7.81. The molecule has 2 fully saturated rings. The predicted molar refractivity (Wildman–Crippen MR) is 64.4 cm³/mol. The van der Waals surface area contributed by atoms with E-state index in [4.69, 9.17) is 0 Å². The molecule has 1 saturated heterocycles. The van der Waals surface area contributed by atoms with E-state index >= 15 is 0 Å². The lowest BCUT2D eigenvalue weighted by molar-refractivity contribution is 0.178. The molecule has 0 radical (unpaired) electrons. The first kappa shape index (κ1) is 11.7. The van der Waals surface area contributed by atoms with Gasteiger partial charge in [0.2, 0.25) is 0 Å². The van der Waals surface area contributed by atoms with Gasteiger partial charge in [0, 0.05) is 25.2 Å². The lowest BCUT2D eigenvalue weighted by atomic mass is 10.2. The average Bonchev–Trinajstić information content (AvgIpc) is 2.91. The standard InChI is InChI=1S/C12H23N3O/c1-2-15(11-7-8-13-9-11)12(16)14-10-5-3-4-6-10/h10-11,13H,2-9H2,1H3,(H,14,16). The first-order valence-electron chi connectivity index (χ1n) is 6.59. The van der Waals surface area contributed by atoms with Gasteiger partial charge in [-0.05, 0) is 32.7 Å². The van der Waals surface area contributed by atoms with E-state index in [1.807, 2.05) is 4.90 Å². The Morgan fingerprint density at radius 3 is 2.69 bits per heavy atom. The van der Waals surface area contributed by atoms with Gasteiger partial charge in [-0.3, -0.25) is 0 Å². The van der Waals surface area contributed by atoms with Gasteiger partial charge in [-0.15, -0.1) is 0 Å². The summed E-state index contributed by atoms with van der Waals surface area (Å²) < 4.78 is 0. The Labute approximate surface area is 97.8 Å². The summed E-state index contributed by atoms with van der Waals surface area (Å²) in [5.74, 6) is 0. The van der Waals surface area contributed by atoms with Gasteiger partial charge in [-0.25, -0.2) is 4.79 Å². The van der Waals surface area contributed by atoms with Crippen molar-refractivity contribution in [2.24, 2.45) is 0 Å². The van der Waals surface area contributed by atoms with E-state index in [0.717, 1.165) is 38.9 Å². The summed E-state index contributed by atoms with van der Waals surface area (Å²) >= 11 is 0. The molecule has 2 rings (SSSR count). The van der Waals surface area contributed by atoms with Crippen LogP contribution in [0.2, 0.25) is 0 Å². The second-order valence-electron chi connectivity index (χ2n) is 4.86. The smallest absolute Gasteiger partial charge is 0.317 e. The molecule has 1 atom stereocenters. The second-order valence-corrected chi connectivity index (χ2v) is 4.86. The van der Waals surface area contributed by atoms with E-state index in [9.17, 15) is 4.79 Å². The van der Waals surface area contributed by atoms with Crippen molar-refractivity contribution in [1.29, 1.82) is 0 Å². The van der Waals surface area contributed by atoms with Crippen LogP contribution in [-0.2, 0) is 0 Å². The summed E-state index contributed by atoms with van der Waals surface area (Å²) in [7, 11) is 0. The molecule has 0 aromatic heterocycles. The summed E-state index contributed by atoms with van der Waals surface area (Å²) in [5, 5.41) is 6.48. The SMILES string of the molecule is CCN(C(=O)NC1CCCC1)C1CCNC1. The van der Waals surface area contributed by atoms with E-state index in [1.54, 1.807) is 0 Å². The van der Waals surface area contributed by atoms with Crippen LogP contribution in [0.4, 0.5) is 4.79 Å². The van der Waals surface area contributed by atoms with Crippen LogP contribution >= 0.6 is 0 Å². The first-order valence-corrected chi connectivity index (χ1v) is 6.59. The molecule has 0 spiro atoms. The number of hydrogen-bond acceptors (Lipinski definition) is 2. The molecule has 1 aliphatic carbocycles. The predicted octanol–water partition coefficient (Wildman–Crippen LogP) is 1.32. The normalized spacial score (nSPS) is 25.9. The largest absolute Gasteiger partial charge is 0.335 e. The highest BCUT2D eigenvalue weighted by Gasteiger charge is 2.27. The van der Waals surface area contributed by atoms with Gasteiger partial charge < -0.3 is 15.5 Å². The number of nitrogens with zero attached hydrogens (tertiary/aromatic N) is 1. The number of nitrogens with one attached hydrogen (secondary N) is 2. The zero-order valence-electron chi connectivity index (χ0n) is 10.2. The molecule has 0 aromatic carbocycles. The Bertz CT molecular complexity index is 232. The van der Waals surface area contributed by atoms with Crippen molar-refractivity contribution in [3.8, 4) is 0 Å². The highest BCUT2D eigenvalue weighted by molar-refractivity contribution is 5.75. The molecule has 2 aliphatic rings. The minimum absolute atomic E-state index is 0.142. The number of likely N-dealkylation sites (N-methyl/N-ethyl adjacent to an activating group) is 1. The number of carbonyl (C=O) groups is 1. The number of amides is 2. The molecule has 1 unspecified atom stereocenters. The zero-order valence-corrected chi connectivity index (χ0v) is 10.2. The Kier molecular flexibility index (Phi) is 4.04. The highest BCUT2D eigenvalue weighted by atomic mass is 16.2. The quantitative estimate of drug-likeness (QED) is 0.761. The van der Waals surface area contributed by atoms with Crippen molar-refractivity contribution in [3.05, 3.63) is 0 Å². The van der Waals surface area contributed by atoms with Crippen LogP contribution in [-0.4, -0.2) is 42.6 Å². The number of hydrogen-bond donors (Lipinski definition) is 2. The fourth-order valence-corrected chi connectivity index (χ4v) is 2.80. The van der Waals surface area contributed by atoms with Crippen LogP contribution in [0.3, 0.4) is 0 Å². The Morgan fingerprint density at radius 1 is 1.38 bits per heavy atom. The van der Waals surface area contributed by atoms with Gasteiger partial charge in [0.15, 0.2) is 0 Å². The molecule has 4 heteroatoms. The maximum Gasteiger partial charge on any atom is 0.317 e. The van der Waals surface area contributed by atoms with Gasteiger partial charge in [0.1, 0.15) is 0 Å². The maximum atomic E-state index is 12.1. The fraction of sp³-hybridized carbons (Fsp3) is 0.917. The van der Waals surface area contributed by atoms with E-state index < -0.39 is 0 Å². The van der Waals surface area contributed by atoms with Crippen LogP contribution in [0.5, 0.6) is 0 Å². The molecule has 92 valence electrons. The number of carbonyl (C=O) groups excluding carboxylic acids is 1. The Balaban J connectivity index is 1.84. The van der Waals surface area contributed by atoms with E-state index in [1.165, 1.54) is 12.8 Å². The van der Waals surface area contributed by atoms with Crippen molar-refractivity contribution in [1.82, 2.24) is 15.5 Å². The minimum Gasteiger partial charge on any atom is -0.335 e. The van der Waals surface area contributed by atoms with E-state index in [-0.39, 0.29) is 6.03 Å². The van der Waals surface area contributed by atoms with Crippen LogP contribution in [0.1, 0.15) is 39.0 Å². The summed E-state index contributed by atoms with van der Waals surface area (Å²) in [4.78, 5) is 14.1. The molecule has 1 aliphatic heterocycles. The molecule has 1 saturated carbocycles. The van der Waals surface area contributed by atoms with Crippen LogP contribution in [0.15, 0.2) is 0 Å². The molecule has 16 heavy (non-hydrogen) atoms. The summed E-state index contributed by atoms with van der Waals surface area (Å²) in [5.41, 5.74) is 0. The molecule has 1 heterocycles. The van der Waals surface area contributed by atoms with E-state index in [0.29, 0.717) is 12.1 Å². The molecular formula is C12H23N3O. The number of urea groups is 1. The van der Waals surface area contributed by atoms with Gasteiger partial charge in [0.25, 0.3) is 0 Å². The van der Waals surface area contributed by atoms with Gasteiger partial charge in [-0.1, -0.05) is 12.8 Å². The molecule has 4 nitrogen and oxygen atoms in total. The Morgan fingerprint density at radius 2 is 2.12 bits per heavy atom. The topological polar surface area (TPSA) is 44.4 Å². The van der Waals surface area contributed by atoms with Crippen LogP contribution in [0.25, 0.3) is 0 Å². The summed E-state index contributed by atoms with van der Waals surface area (Å²) in [6.07, 6.45) is 5.94. The van der Waals surface area contributed by atoms with Gasteiger partial charge in [0.05, 0.1) is 0 Å². The maximum absolute atomic E-state index is 12.1. The second kappa shape index (κ2) is 5.53. The zero-order chi connectivity index (χ0) is 11.4. The van der Waals surface area contributed by atoms with Crippen molar-refractivity contribution in [2.45, 2.75) is 51.1 Å². The molecule has 0 aromatic rings. The fourth-order valence-electron chi connectivity index (χ4n) is 2.80. The van der Waals surface area contributed by atoms with Crippen molar-refractivity contribution >= 4 is 6.03 Å². The van der Waals surface area contributed by atoms with Gasteiger partial charge in [-0.2, -0.15) is 0 Å². The molecule has 0 bridgehead atoms. The third-order valence-corrected chi connectivity index (χ3v) is 3.76. The average molecular weight is 225 g/mol. The van der Waals surface area contributed by atoms with Crippen molar-refractivity contribution in [3.63, 3.8) is 0 Å². The highest BCUT2D eigenvalue weighted by Crippen LogP contribution is 2.18. The van der Waals surface area contributed by atoms with Gasteiger partial charge >= 0.3 is 6.03 Å². The minimum atomic E-state index is 0.142. The summed E-state index contributed by atoms with van der Waals surface area (Å²) in [6.45, 7) is 4.86. The summed E-state index contributed by atoms with van der Waals surface area (Å²) in [6, 6.07) is 0.963. The lowest BCUT2D eigenvalue weighted by Gasteiger charge is -2.28. The van der Waals surface area contributed by atoms with Crippen LogP contribution < -0.4 is 10.6 Å². The van der Waals surface area contributed by atoms with E-state index in [2.05, 4.69) is 17.6 Å².